The summed E-state index contributed by atoms with van der Waals surface area (Å²) in [5, 5.41) is 8.04. The lowest BCUT2D eigenvalue weighted by atomic mass is 10.0. The van der Waals surface area contributed by atoms with Crippen LogP contribution in [0.15, 0.2) is 46.9 Å². The van der Waals surface area contributed by atoms with Crippen LogP contribution in [-0.2, 0) is 9.53 Å². The fraction of sp³-hybridized carbons (Fsp3) is 0.348. The van der Waals surface area contributed by atoms with E-state index in [1.54, 1.807) is 6.92 Å². The van der Waals surface area contributed by atoms with E-state index in [9.17, 15) is 4.79 Å². The summed E-state index contributed by atoms with van der Waals surface area (Å²) in [6.07, 6.45) is -0.667. The summed E-state index contributed by atoms with van der Waals surface area (Å²) in [6.45, 7) is 9.66. The molecule has 0 saturated carbocycles. The molecule has 0 aliphatic carbocycles. The fourth-order valence-electron chi connectivity index (χ4n) is 2.87. The Morgan fingerprint density at radius 3 is 2.38 bits per heavy atom. The number of carbonyl (C=O) groups excluding carboxylic acids is 1. The summed E-state index contributed by atoms with van der Waals surface area (Å²) < 4.78 is 16.8. The Hall–Kier alpha value is -3.15. The van der Waals surface area contributed by atoms with Crippen LogP contribution in [0.5, 0.6) is 5.75 Å². The van der Waals surface area contributed by atoms with Crippen molar-refractivity contribution >= 4 is 5.97 Å². The van der Waals surface area contributed by atoms with E-state index < -0.39 is 12.1 Å². The predicted octanol–water partition coefficient (Wildman–Crippen LogP) is 5.16. The fourth-order valence-corrected chi connectivity index (χ4v) is 2.87. The van der Waals surface area contributed by atoms with Gasteiger partial charge in [-0.05, 0) is 56.0 Å². The lowest BCUT2D eigenvalue weighted by Crippen LogP contribution is -2.17. The molecule has 6 nitrogen and oxygen atoms in total. The molecule has 29 heavy (non-hydrogen) atoms. The maximum Gasteiger partial charge on any atom is 0.344 e. The van der Waals surface area contributed by atoms with Gasteiger partial charge in [0, 0.05) is 5.56 Å². The van der Waals surface area contributed by atoms with Crippen LogP contribution in [-0.4, -0.2) is 22.8 Å². The summed E-state index contributed by atoms with van der Waals surface area (Å²) >= 11 is 0. The molecule has 0 aliphatic heterocycles. The van der Waals surface area contributed by atoms with E-state index in [0.717, 1.165) is 22.3 Å². The number of nitrogens with zero attached hydrogens (tertiary/aromatic N) is 2. The van der Waals surface area contributed by atoms with Gasteiger partial charge in [0.25, 0.3) is 5.89 Å². The average Bonchev–Trinajstić information content (AvgIpc) is 3.17. The molecule has 1 aromatic heterocycles. The van der Waals surface area contributed by atoms with E-state index in [-0.39, 0.29) is 12.5 Å². The molecular formula is C23H26N2O4. The molecule has 0 bridgehead atoms. The van der Waals surface area contributed by atoms with E-state index in [1.165, 1.54) is 0 Å². The largest absolute Gasteiger partial charge is 0.482 e. The van der Waals surface area contributed by atoms with Crippen molar-refractivity contribution in [2.24, 2.45) is 0 Å². The number of hydrogen-bond donors (Lipinski definition) is 0. The lowest BCUT2D eigenvalue weighted by molar-refractivity contribution is -0.152. The van der Waals surface area contributed by atoms with Crippen LogP contribution >= 0.6 is 0 Å². The van der Waals surface area contributed by atoms with Crippen LogP contribution in [0.1, 0.15) is 55.4 Å². The van der Waals surface area contributed by atoms with Gasteiger partial charge in [-0.2, -0.15) is 0 Å². The molecule has 3 rings (SSSR count). The van der Waals surface area contributed by atoms with Crippen molar-refractivity contribution in [3.63, 3.8) is 0 Å². The molecule has 152 valence electrons. The quantitative estimate of drug-likeness (QED) is 0.515. The molecule has 0 amide bonds. The number of hydrogen-bond acceptors (Lipinski definition) is 6. The number of rotatable bonds is 7. The Morgan fingerprint density at radius 1 is 1.00 bits per heavy atom. The molecule has 0 spiro atoms. The highest BCUT2D eigenvalue weighted by molar-refractivity contribution is 5.71. The molecule has 3 aromatic rings. The number of carbonyl (C=O) groups is 1. The van der Waals surface area contributed by atoms with Crippen LogP contribution in [0.4, 0.5) is 0 Å². The Kier molecular flexibility index (Phi) is 6.32. The van der Waals surface area contributed by atoms with Crippen molar-refractivity contribution in [1.29, 1.82) is 0 Å². The van der Waals surface area contributed by atoms with Crippen molar-refractivity contribution in [3.8, 4) is 17.2 Å². The van der Waals surface area contributed by atoms with Gasteiger partial charge in [0.2, 0.25) is 5.89 Å². The first-order chi connectivity index (χ1) is 13.8. The highest BCUT2D eigenvalue weighted by Crippen LogP contribution is 2.28. The maximum atomic E-state index is 12.2. The van der Waals surface area contributed by atoms with E-state index in [2.05, 4.69) is 24.0 Å². The first-order valence-corrected chi connectivity index (χ1v) is 9.66. The first kappa shape index (κ1) is 20.6. The highest BCUT2D eigenvalue weighted by Gasteiger charge is 2.20. The second kappa shape index (κ2) is 8.90. The van der Waals surface area contributed by atoms with Gasteiger partial charge in [-0.25, -0.2) is 4.79 Å². The number of esters is 1. The van der Waals surface area contributed by atoms with E-state index in [4.69, 9.17) is 13.9 Å². The molecule has 2 aromatic carbocycles. The van der Waals surface area contributed by atoms with Crippen molar-refractivity contribution in [3.05, 3.63) is 65.0 Å². The third-order valence-corrected chi connectivity index (χ3v) is 4.53. The standard InChI is InChI=1S/C23H26N2O4/c1-14(2)19-11-8-16(4)12-20(19)27-13-21(26)28-17(5)22-24-25-23(29-22)18-9-6-15(3)7-10-18/h6-12,14,17H,13H2,1-5H3. The van der Waals surface area contributed by atoms with Gasteiger partial charge in [-0.3, -0.25) is 0 Å². The van der Waals surface area contributed by atoms with Gasteiger partial charge in [0.1, 0.15) is 5.75 Å². The number of aromatic nitrogens is 2. The topological polar surface area (TPSA) is 74.5 Å². The Balaban J connectivity index is 1.60. The molecule has 0 N–H and O–H groups in total. The Labute approximate surface area is 170 Å². The second-order valence-electron chi connectivity index (χ2n) is 7.43. The zero-order chi connectivity index (χ0) is 21.0. The van der Waals surface area contributed by atoms with Crippen LogP contribution < -0.4 is 4.74 Å². The summed E-state index contributed by atoms with van der Waals surface area (Å²) in [5.74, 6) is 1.12. The normalized spacial score (nSPS) is 12.1. The van der Waals surface area contributed by atoms with E-state index >= 15 is 0 Å². The lowest BCUT2D eigenvalue weighted by Gasteiger charge is -2.15. The minimum atomic E-state index is -0.667. The third-order valence-electron chi connectivity index (χ3n) is 4.53. The molecule has 1 heterocycles. The van der Waals surface area contributed by atoms with Gasteiger partial charge >= 0.3 is 5.97 Å². The Bertz CT molecular complexity index is 977. The zero-order valence-electron chi connectivity index (χ0n) is 17.4. The molecule has 1 unspecified atom stereocenters. The van der Waals surface area contributed by atoms with Gasteiger partial charge in [0.15, 0.2) is 12.7 Å². The highest BCUT2D eigenvalue weighted by atomic mass is 16.6. The van der Waals surface area contributed by atoms with Crippen molar-refractivity contribution in [2.45, 2.75) is 46.6 Å². The minimum Gasteiger partial charge on any atom is -0.482 e. The van der Waals surface area contributed by atoms with Crippen molar-refractivity contribution in [2.75, 3.05) is 6.61 Å². The summed E-state index contributed by atoms with van der Waals surface area (Å²) in [5.41, 5.74) is 4.08. The monoisotopic (exact) mass is 394 g/mol. The van der Waals surface area contributed by atoms with Gasteiger partial charge < -0.3 is 13.9 Å². The second-order valence-corrected chi connectivity index (χ2v) is 7.43. The van der Waals surface area contributed by atoms with Gasteiger partial charge in [0.05, 0.1) is 0 Å². The van der Waals surface area contributed by atoms with Crippen LogP contribution in [0.2, 0.25) is 0 Å². The maximum absolute atomic E-state index is 12.2. The van der Waals surface area contributed by atoms with Crippen molar-refractivity contribution < 1.29 is 18.7 Å². The van der Waals surface area contributed by atoms with Crippen molar-refractivity contribution in [1.82, 2.24) is 10.2 Å². The molecule has 0 radical (unpaired) electrons. The van der Waals surface area contributed by atoms with E-state index in [1.807, 2.05) is 56.3 Å². The molecule has 0 fully saturated rings. The summed E-state index contributed by atoms with van der Waals surface area (Å²) in [7, 11) is 0. The minimum absolute atomic E-state index is 0.188. The summed E-state index contributed by atoms with van der Waals surface area (Å²) in [4.78, 5) is 12.2. The molecule has 0 aliphatic rings. The third kappa shape index (κ3) is 5.22. The van der Waals surface area contributed by atoms with Crippen LogP contribution in [0.25, 0.3) is 11.5 Å². The molecule has 6 heteroatoms. The summed E-state index contributed by atoms with van der Waals surface area (Å²) in [6, 6.07) is 13.7. The number of ether oxygens (including phenoxy) is 2. The van der Waals surface area contributed by atoms with Gasteiger partial charge in [-0.15, -0.1) is 10.2 Å². The van der Waals surface area contributed by atoms with Crippen LogP contribution in [0.3, 0.4) is 0 Å². The molecule has 0 saturated heterocycles. The zero-order valence-corrected chi connectivity index (χ0v) is 17.4. The molecular weight excluding hydrogens is 368 g/mol. The number of aryl methyl sites for hydroxylation is 2. The van der Waals surface area contributed by atoms with Crippen LogP contribution in [0, 0.1) is 13.8 Å². The van der Waals surface area contributed by atoms with Gasteiger partial charge in [-0.1, -0.05) is 43.7 Å². The predicted molar refractivity (Wildman–Crippen MR) is 110 cm³/mol. The smallest absolute Gasteiger partial charge is 0.344 e. The number of benzene rings is 2. The Morgan fingerprint density at radius 2 is 1.69 bits per heavy atom. The van der Waals surface area contributed by atoms with E-state index in [0.29, 0.717) is 17.6 Å². The SMILES string of the molecule is Cc1ccc(-c2nnc(C(C)OC(=O)COc3cc(C)ccc3C(C)C)o2)cc1. The average molecular weight is 394 g/mol. The molecule has 1 atom stereocenters. The first-order valence-electron chi connectivity index (χ1n) is 9.66.